The summed E-state index contributed by atoms with van der Waals surface area (Å²) in [5, 5.41) is 3.02. The molecule has 4 nitrogen and oxygen atoms in total. The fourth-order valence-electron chi connectivity index (χ4n) is 2.91. The first-order valence-electron chi connectivity index (χ1n) is 7.43. The summed E-state index contributed by atoms with van der Waals surface area (Å²) < 4.78 is 5.30. The first-order valence-corrected chi connectivity index (χ1v) is 7.43. The number of nitrogens with two attached hydrogens (primary N) is 1. The van der Waals surface area contributed by atoms with Crippen LogP contribution in [0.3, 0.4) is 0 Å². The molecule has 0 bridgehead atoms. The third kappa shape index (κ3) is 5.91. The van der Waals surface area contributed by atoms with Gasteiger partial charge in [0.1, 0.15) is 0 Å². The quantitative estimate of drug-likeness (QED) is 0.775. The van der Waals surface area contributed by atoms with Crippen molar-refractivity contribution in [2.24, 2.45) is 23.0 Å². The van der Waals surface area contributed by atoms with Crippen LogP contribution in [0, 0.1) is 17.3 Å². The minimum absolute atomic E-state index is 0.0104. The second-order valence-corrected chi connectivity index (χ2v) is 6.96. The molecule has 0 radical (unpaired) electrons. The Hall–Kier alpha value is -0.610. The van der Waals surface area contributed by atoms with Crippen LogP contribution < -0.4 is 11.1 Å². The fraction of sp³-hybridized carbons (Fsp3) is 0.933. The lowest BCUT2D eigenvalue weighted by molar-refractivity contribution is -0.124. The van der Waals surface area contributed by atoms with Crippen LogP contribution in [0.25, 0.3) is 0 Å². The molecule has 1 amide bonds. The second-order valence-electron chi connectivity index (χ2n) is 6.96. The average Bonchev–Trinajstić information content (AvgIpc) is 2.34. The van der Waals surface area contributed by atoms with Crippen molar-refractivity contribution in [2.75, 3.05) is 19.8 Å². The lowest BCUT2D eigenvalue weighted by atomic mass is 9.83. The van der Waals surface area contributed by atoms with E-state index < -0.39 is 6.04 Å². The maximum atomic E-state index is 12.1. The number of hydrogen-bond acceptors (Lipinski definition) is 3. The van der Waals surface area contributed by atoms with E-state index in [4.69, 9.17) is 10.5 Å². The molecule has 19 heavy (non-hydrogen) atoms. The van der Waals surface area contributed by atoms with Gasteiger partial charge in [-0.15, -0.1) is 0 Å². The van der Waals surface area contributed by atoms with Gasteiger partial charge in [-0.25, -0.2) is 0 Å². The number of hydrogen-bond donors (Lipinski definition) is 2. The van der Waals surface area contributed by atoms with Gasteiger partial charge in [0.15, 0.2) is 0 Å². The molecule has 4 heteroatoms. The van der Waals surface area contributed by atoms with Crippen LogP contribution >= 0.6 is 0 Å². The molecule has 0 saturated carbocycles. The summed E-state index contributed by atoms with van der Waals surface area (Å²) in [5.74, 6) is 0.891. The molecule has 0 aromatic rings. The highest BCUT2D eigenvalue weighted by Gasteiger charge is 2.28. The highest BCUT2D eigenvalue weighted by Crippen LogP contribution is 2.24. The number of rotatable bonds is 6. The van der Waals surface area contributed by atoms with Crippen LogP contribution in [-0.2, 0) is 9.53 Å². The third-order valence-electron chi connectivity index (χ3n) is 3.78. The van der Waals surface area contributed by atoms with E-state index in [1.165, 1.54) is 0 Å². The lowest BCUT2D eigenvalue weighted by Crippen LogP contribution is -2.49. The van der Waals surface area contributed by atoms with Crippen LogP contribution in [0.4, 0.5) is 0 Å². The fourth-order valence-corrected chi connectivity index (χ4v) is 2.91. The first kappa shape index (κ1) is 16.4. The minimum Gasteiger partial charge on any atom is -0.381 e. The number of nitrogens with one attached hydrogen (secondary N) is 1. The summed E-state index contributed by atoms with van der Waals surface area (Å²) in [6.45, 7) is 10.9. The number of carbonyl (C=O) groups excluding carboxylic acids is 1. The number of carbonyl (C=O) groups is 1. The molecule has 112 valence electrons. The number of amides is 1. The molecule has 1 saturated heterocycles. The van der Waals surface area contributed by atoms with Gasteiger partial charge in [0.2, 0.25) is 5.91 Å². The molecule has 0 aliphatic carbocycles. The van der Waals surface area contributed by atoms with Crippen molar-refractivity contribution in [2.45, 2.75) is 53.0 Å². The van der Waals surface area contributed by atoms with Gasteiger partial charge >= 0.3 is 0 Å². The van der Waals surface area contributed by atoms with E-state index in [0.717, 1.165) is 32.5 Å². The molecule has 3 N–H and O–H groups in total. The average molecular weight is 270 g/mol. The summed E-state index contributed by atoms with van der Waals surface area (Å²) in [6, 6.07) is -0.390. The highest BCUT2D eigenvalue weighted by molar-refractivity contribution is 5.81. The van der Waals surface area contributed by atoms with E-state index >= 15 is 0 Å². The van der Waals surface area contributed by atoms with Gasteiger partial charge in [-0.3, -0.25) is 4.79 Å². The van der Waals surface area contributed by atoms with Crippen molar-refractivity contribution in [1.29, 1.82) is 0 Å². The minimum atomic E-state index is -0.390. The Morgan fingerprint density at radius 2 is 1.95 bits per heavy atom. The van der Waals surface area contributed by atoms with E-state index in [1.54, 1.807) is 0 Å². The van der Waals surface area contributed by atoms with Gasteiger partial charge in [-0.05, 0) is 36.5 Å². The predicted molar refractivity (Wildman–Crippen MR) is 77.8 cm³/mol. The van der Waals surface area contributed by atoms with E-state index in [1.807, 2.05) is 0 Å². The van der Waals surface area contributed by atoms with Crippen molar-refractivity contribution >= 4 is 5.91 Å². The van der Waals surface area contributed by atoms with E-state index in [2.05, 4.69) is 33.0 Å². The molecule has 1 aliphatic heterocycles. The maximum absolute atomic E-state index is 12.1. The Bertz CT molecular complexity index is 284. The maximum Gasteiger partial charge on any atom is 0.237 e. The molecule has 0 aromatic carbocycles. The lowest BCUT2D eigenvalue weighted by Gasteiger charge is -2.30. The molecule has 1 atom stereocenters. The van der Waals surface area contributed by atoms with Gasteiger partial charge in [0.05, 0.1) is 6.04 Å². The van der Waals surface area contributed by atoms with Gasteiger partial charge in [0, 0.05) is 19.8 Å². The van der Waals surface area contributed by atoms with Crippen LogP contribution in [0.2, 0.25) is 0 Å². The second kappa shape index (κ2) is 7.25. The molecular formula is C15H30N2O2. The molecule has 0 spiro atoms. The van der Waals surface area contributed by atoms with Crippen LogP contribution in [0.15, 0.2) is 0 Å². The Labute approximate surface area is 117 Å². The first-order chi connectivity index (χ1) is 8.82. The zero-order valence-electron chi connectivity index (χ0n) is 12.9. The molecule has 1 unspecified atom stereocenters. The zero-order chi connectivity index (χ0) is 14.5. The van der Waals surface area contributed by atoms with Crippen LogP contribution in [-0.4, -0.2) is 31.7 Å². The highest BCUT2D eigenvalue weighted by atomic mass is 16.5. The van der Waals surface area contributed by atoms with Crippen molar-refractivity contribution in [3.63, 3.8) is 0 Å². The third-order valence-corrected chi connectivity index (χ3v) is 3.78. The molecule has 0 aromatic heterocycles. The normalized spacial score (nSPS) is 19.5. The number of ether oxygens (including phenoxy) is 1. The molecular weight excluding hydrogens is 240 g/mol. The van der Waals surface area contributed by atoms with Crippen LogP contribution in [0.1, 0.15) is 47.0 Å². The standard InChI is InChI=1S/C15H30N2O2/c1-11(2)9-15(3,4)10-17-14(18)13(16)12-5-7-19-8-6-12/h11-13H,5-10,16H2,1-4H3,(H,17,18). The Kier molecular flexibility index (Phi) is 6.27. The van der Waals surface area contributed by atoms with Crippen LogP contribution in [0.5, 0.6) is 0 Å². The Balaban J connectivity index is 2.37. The Morgan fingerprint density at radius 1 is 1.37 bits per heavy atom. The smallest absolute Gasteiger partial charge is 0.237 e. The Morgan fingerprint density at radius 3 is 2.47 bits per heavy atom. The topological polar surface area (TPSA) is 64.4 Å². The van der Waals surface area contributed by atoms with Crippen molar-refractivity contribution in [1.82, 2.24) is 5.32 Å². The zero-order valence-corrected chi connectivity index (χ0v) is 12.9. The van der Waals surface area contributed by atoms with Gasteiger partial charge < -0.3 is 15.8 Å². The van der Waals surface area contributed by atoms with Crippen molar-refractivity contribution < 1.29 is 9.53 Å². The van der Waals surface area contributed by atoms with Gasteiger partial charge in [-0.1, -0.05) is 27.7 Å². The van der Waals surface area contributed by atoms with Crippen molar-refractivity contribution in [3.05, 3.63) is 0 Å². The summed E-state index contributed by atoms with van der Waals surface area (Å²) >= 11 is 0. The molecule has 1 heterocycles. The van der Waals surface area contributed by atoms with E-state index in [9.17, 15) is 4.79 Å². The summed E-state index contributed by atoms with van der Waals surface area (Å²) in [5.41, 5.74) is 6.18. The SMILES string of the molecule is CC(C)CC(C)(C)CNC(=O)C(N)C1CCOCC1. The molecule has 1 rings (SSSR count). The van der Waals surface area contributed by atoms with Gasteiger partial charge in [0.25, 0.3) is 0 Å². The summed E-state index contributed by atoms with van der Waals surface area (Å²) in [4.78, 5) is 12.1. The molecule has 1 fully saturated rings. The van der Waals surface area contributed by atoms with Crippen molar-refractivity contribution in [3.8, 4) is 0 Å². The van der Waals surface area contributed by atoms with E-state index in [-0.39, 0.29) is 17.2 Å². The summed E-state index contributed by atoms with van der Waals surface area (Å²) in [6.07, 6.45) is 2.88. The monoisotopic (exact) mass is 270 g/mol. The predicted octanol–water partition coefficient (Wildman–Crippen LogP) is 1.93. The van der Waals surface area contributed by atoms with Gasteiger partial charge in [-0.2, -0.15) is 0 Å². The molecule has 1 aliphatic rings. The largest absolute Gasteiger partial charge is 0.381 e. The summed E-state index contributed by atoms with van der Waals surface area (Å²) in [7, 11) is 0. The van der Waals surface area contributed by atoms with E-state index in [0.29, 0.717) is 12.5 Å².